The van der Waals surface area contributed by atoms with Gasteiger partial charge in [-0.15, -0.1) is 5.10 Å². The molecule has 0 amide bonds. The third kappa shape index (κ3) is 4.41. The lowest BCUT2D eigenvalue weighted by Crippen LogP contribution is -2.18. The Morgan fingerprint density at radius 1 is 1.15 bits per heavy atom. The molecule has 2 aromatic carbocycles. The van der Waals surface area contributed by atoms with Crippen molar-refractivity contribution in [2.24, 2.45) is 0 Å². The van der Waals surface area contributed by atoms with Gasteiger partial charge in [0.25, 0.3) is 0 Å². The normalized spacial score (nSPS) is 11.7. The Morgan fingerprint density at radius 2 is 1.85 bits per heavy atom. The summed E-state index contributed by atoms with van der Waals surface area (Å²) in [4.78, 5) is 4.20. The first-order valence-electron chi connectivity index (χ1n) is 7.99. The van der Waals surface area contributed by atoms with E-state index in [2.05, 4.69) is 19.9 Å². The number of anilines is 1. The van der Waals surface area contributed by atoms with Crippen LogP contribution in [0.25, 0.3) is 11.1 Å². The molecule has 0 atom stereocenters. The average molecular weight is 426 g/mol. The summed E-state index contributed by atoms with van der Waals surface area (Å²) in [5.41, 5.74) is 7.61. The average Bonchev–Trinajstić information content (AvgIpc) is 3.05. The number of aryl methyl sites for hydroxylation is 2. The molecule has 0 saturated carbocycles. The second-order valence-electron chi connectivity index (χ2n) is 5.81. The van der Waals surface area contributed by atoms with Gasteiger partial charge in [0.2, 0.25) is 16.0 Å². The number of nitrogens with zero attached hydrogens (tertiary/aromatic N) is 2. The Labute approximate surface area is 167 Å². The molecule has 0 saturated heterocycles. The van der Waals surface area contributed by atoms with Gasteiger partial charge >= 0.3 is 0 Å². The summed E-state index contributed by atoms with van der Waals surface area (Å²) >= 11 is 12.9. The highest BCUT2D eigenvalue weighted by Gasteiger charge is 2.16. The first kappa shape index (κ1) is 19.6. The van der Waals surface area contributed by atoms with Gasteiger partial charge in [0.15, 0.2) is 0 Å². The lowest BCUT2D eigenvalue weighted by molar-refractivity contribution is 0.588. The van der Waals surface area contributed by atoms with Crippen LogP contribution < -0.4 is 10.5 Å². The van der Waals surface area contributed by atoms with E-state index in [0.717, 1.165) is 5.56 Å². The number of nitrogens with two attached hydrogens (primary N) is 1. The number of H-pyrrole nitrogens is 1. The number of benzene rings is 2. The molecule has 0 aliphatic rings. The Bertz CT molecular complexity index is 1060. The highest BCUT2D eigenvalue weighted by molar-refractivity contribution is 7.89. The van der Waals surface area contributed by atoms with E-state index in [1.165, 1.54) is 19.2 Å². The number of aromatic nitrogens is 3. The van der Waals surface area contributed by atoms with Crippen molar-refractivity contribution in [3.63, 3.8) is 0 Å². The minimum absolute atomic E-state index is 0.140. The van der Waals surface area contributed by atoms with E-state index in [0.29, 0.717) is 39.8 Å². The number of nitrogen functional groups attached to an aromatic ring is 1. The van der Waals surface area contributed by atoms with Gasteiger partial charge in [-0.1, -0.05) is 35.3 Å². The van der Waals surface area contributed by atoms with Gasteiger partial charge < -0.3 is 5.73 Å². The van der Waals surface area contributed by atoms with Gasteiger partial charge in [-0.05, 0) is 48.9 Å². The number of aromatic amines is 1. The van der Waals surface area contributed by atoms with Crippen LogP contribution in [0.5, 0.6) is 0 Å². The van der Waals surface area contributed by atoms with Crippen LogP contribution in [-0.2, 0) is 22.9 Å². The Morgan fingerprint density at radius 3 is 2.44 bits per heavy atom. The third-order valence-corrected chi connectivity index (χ3v) is 6.01. The molecule has 3 aromatic rings. The van der Waals surface area contributed by atoms with Crippen LogP contribution in [0.3, 0.4) is 0 Å². The molecule has 0 bridgehead atoms. The molecule has 0 spiro atoms. The van der Waals surface area contributed by atoms with Crippen molar-refractivity contribution < 1.29 is 8.42 Å². The standard InChI is InChI=1S/C17H17Cl2N5O2S/c1-21-27(25,26)12-4-2-3-11(9-12)16-13(18)7-10(8-14(16)19)5-6-15-22-17(20)24-23-15/h2-4,7-9,21H,5-6H2,1H3,(H3,20,22,23,24). The van der Waals surface area contributed by atoms with Gasteiger partial charge in [-0.2, -0.15) is 4.98 Å². The first-order chi connectivity index (χ1) is 12.8. The van der Waals surface area contributed by atoms with Crippen molar-refractivity contribution in [1.29, 1.82) is 0 Å². The molecule has 10 heteroatoms. The third-order valence-electron chi connectivity index (χ3n) is 4.00. The van der Waals surface area contributed by atoms with Crippen LogP contribution in [0, 0.1) is 0 Å². The fourth-order valence-corrected chi connectivity index (χ4v) is 4.19. The summed E-state index contributed by atoms with van der Waals surface area (Å²) in [5.74, 6) is 0.876. The molecular weight excluding hydrogens is 409 g/mol. The highest BCUT2D eigenvalue weighted by Crippen LogP contribution is 2.37. The predicted octanol–water partition coefficient (Wildman–Crippen LogP) is 3.05. The van der Waals surface area contributed by atoms with E-state index < -0.39 is 10.0 Å². The molecule has 0 aliphatic carbocycles. The molecule has 0 aliphatic heterocycles. The Hall–Kier alpha value is -2.13. The summed E-state index contributed by atoms with van der Waals surface area (Å²) in [6, 6.07) is 10.1. The lowest BCUT2D eigenvalue weighted by atomic mass is 10.0. The van der Waals surface area contributed by atoms with Gasteiger partial charge in [-0.25, -0.2) is 13.1 Å². The monoisotopic (exact) mass is 425 g/mol. The van der Waals surface area contributed by atoms with E-state index in [1.807, 2.05) is 12.1 Å². The Balaban J connectivity index is 1.90. The largest absolute Gasteiger partial charge is 0.367 e. The molecule has 0 radical (unpaired) electrons. The SMILES string of the molecule is CNS(=O)(=O)c1cccc(-c2c(Cl)cc(CCc3nc(N)n[nH]3)cc2Cl)c1. The zero-order valence-electron chi connectivity index (χ0n) is 14.3. The minimum atomic E-state index is -3.56. The second-order valence-corrected chi connectivity index (χ2v) is 8.51. The summed E-state index contributed by atoms with van der Waals surface area (Å²) in [6.45, 7) is 0. The number of sulfonamides is 1. The zero-order valence-corrected chi connectivity index (χ0v) is 16.7. The first-order valence-corrected chi connectivity index (χ1v) is 10.2. The molecule has 0 fully saturated rings. The fourth-order valence-electron chi connectivity index (χ4n) is 2.67. The van der Waals surface area contributed by atoms with Crippen molar-refractivity contribution >= 4 is 39.2 Å². The fraction of sp³-hybridized carbons (Fsp3) is 0.176. The molecule has 4 N–H and O–H groups in total. The summed E-state index contributed by atoms with van der Waals surface area (Å²) in [5, 5.41) is 7.42. The van der Waals surface area contributed by atoms with Gasteiger partial charge in [0.1, 0.15) is 5.82 Å². The van der Waals surface area contributed by atoms with Gasteiger partial charge in [-0.3, -0.25) is 5.10 Å². The van der Waals surface area contributed by atoms with E-state index in [4.69, 9.17) is 28.9 Å². The highest BCUT2D eigenvalue weighted by atomic mass is 35.5. The number of hydrogen-bond acceptors (Lipinski definition) is 5. The van der Waals surface area contributed by atoms with Crippen LogP contribution in [0.1, 0.15) is 11.4 Å². The number of rotatable bonds is 6. The summed E-state index contributed by atoms with van der Waals surface area (Å²) in [7, 11) is -2.20. The van der Waals surface area contributed by atoms with Crippen LogP contribution in [0.15, 0.2) is 41.3 Å². The van der Waals surface area contributed by atoms with Crippen molar-refractivity contribution in [2.75, 3.05) is 12.8 Å². The van der Waals surface area contributed by atoms with Crippen LogP contribution in [0.4, 0.5) is 5.95 Å². The molecular formula is C17H17Cl2N5O2S. The molecule has 7 nitrogen and oxygen atoms in total. The maximum atomic E-state index is 12.0. The van der Waals surface area contributed by atoms with Crippen molar-refractivity contribution in [2.45, 2.75) is 17.7 Å². The number of halogens is 2. The van der Waals surface area contributed by atoms with Crippen LogP contribution in [0.2, 0.25) is 10.0 Å². The molecule has 1 aromatic heterocycles. The number of hydrogen-bond donors (Lipinski definition) is 3. The van der Waals surface area contributed by atoms with Gasteiger partial charge in [0.05, 0.1) is 14.9 Å². The quantitative estimate of drug-likeness (QED) is 0.561. The molecule has 0 unspecified atom stereocenters. The maximum absolute atomic E-state index is 12.0. The topological polar surface area (TPSA) is 114 Å². The van der Waals surface area contributed by atoms with E-state index >= 15 is 0 Å². The van der Waals surface area contributed by atoms with Crippen LogP contribution >= 0.6 is 23.2 Å². The van der Waals surface area contributed by atoms with Gasteiger partial charge in [0, 0.05) is 12.0 Å². The summed E-state index contributed by atoms with van der Waals surface area (Å²) < 4.78 is 26.4. The van der Waals surface area contributed by atoms with Crippen LogP contribution in [-0.4, -0.2) is 30.6 Å². The molecule has 3 rings (SSSR count). The molecule has 142 valence electrons. The zero-order chi connectivity index (χ0) is 19.6. The van der Waals surface area contributed by atoms with Crippen molar-refractivity contribution in [3.8, 4) is 11.1 Å². The van der Waals surface area contributed by atoms with E-state index in [1.54, 1.807) is 12.1 Å². The van der Waals surface area contributed by atoms with Crippen molar-refractivity contribution in [3.05, 3.63) is 57.8 Å². The Kier molecular flexibility index (Phi) is 5.71. The second kappa shape index (κ2) is 7.85. The smallest absolute Gasteiger partial charge is 0.240 e. The minimum Gasteiger partial charge on any atom is -0.367 e. The predicted molar refractivity (Wildman–Crippen MR) is 106 cm³/mol. The van der Waals surface area contributed by atoms with Crippen molar-refractivity contribution in [1.82, 2.24) is 19.9 Å². The summed E-state index contributed by atoms with van der Waals surface area (Å²) in [6.07, 6.45) is 1.24. The lowest BCUT2D eigenvalue weighted by Gasteiger charge is -2.12. The molecule has 27 heavy (non-hydrogen) atoms. The van der Waals surface area contributed by atoms with E-state index in [-0.39, 0.29) is 10.8 Å². The molecule has 1 heterocycles. The van der Waals surface area contributed by atoms with E-state index in [9.17, 15) is 8.42 Å². The maximum Gasteiger partial charge on any atom is 0.240 e. The number of nitrogens with one attached hydrogen (secondary N) is 2.